The van der Waals surface area contributed by atoms with Crippen molar-refractivity contribution in [3.63, 3.8) is 0 Å². The number of alkyl halides is 2. The minimum Gasteiger partial charge on any atom is -0.465 e. The first-order chi connectivity index (χ1) is 12.0. The number of ether oxygens (including phenoxy) is 2. The van der Waals surface area contributed by atoms with Crippen LogP contribution in [0.2, 0.25) is 0 Å². The summed E-state index contributed by atoms with van der Waals surface area (Å²) in [5.41, 5.74) is 1.20. The zero-order valence-corrected chi connectivity index (χ0v) is 13.3. The number of esters is 1. The Hall–Kier alpha value is -3.16. The van der Waals surface area contributed by atoms with E-state index in [1.807, 2.05) is 0 Å². The van der Waals surface area contributed by atoms with Crippen molar-refractivity contribution in [1.29, 1.82) is 0 Å². The summed E-state index contributed by atoms with van der Waals surface area (Å²) in [5.74, 6) is -0.890. The molecule has 25 heavy (non-hydrogen) atoms. The van der Waals surface area contributed by atoms with Crippen LogP contribution in [-0.2, 0) is 9.53 Å². The molecule has 2 rings (SSSR count). The number of amides is 1. The first-order valence-corrected chi connectivity index (χ1v) is 7.25. The van der Waals surface area contributed by atoms with Crippen LogP contribution >= 0.6 is 0 Å². The van der Waals surface area contributed by atoms with E-state index in [1.165, 1.54) is 31.4 Å². The van der Waals surface area contributed by atoms with Gasteiger partial charge in [-0.05, 0) is 36.4 Å². The lowest BCUT2D eigenvalue weighted by Crippen LogP contribution is -2.22. The first-order valence-electron chi connectivity index (χ1n) is 7.25. The fourth-order valence-electron chi connectivity index (χ4n) is 2.03. The molecule has 0 aliphatic rings. The molecule has 0 saturated heterocycles. The molecule has 0 saturated carbocycles. The molecule has 2 aromatic rings. The van der Waals surface area contributed by atoms with Crippen LogP contribution in [0.4, 0.5) is 20.2 Å². The van der Waals surface area contributed by atoms with E-state index in [0.29, 0.717) is 16.9 Å². The number of methoxy groups -OCH3 is 1. The maximum absolute atomic E-state index is 12.1. The molecule has 0 fully saturated rings. The summed E-state index contributed by atoms with van der Waals surface area (Å²) in [7, 11) is 1.27. The summed E-state index contributed by atoms with van der Waals surface area (Å²) in [6.07, 6.45) is 0. The van der Waals surface area contributed by atoms with E-state index in [4.69, 9.17) is 0 Å². The van der Waals surface area contributed by atoms with Crippen molar-refractivity contribution in [2.24, 2.45) is 0 Å². The summed E-state index contributed by atoms with van der Waals surface area (Å²) in [5, 5.41) is 5.44. The average Bonchev–Trinajstić information content (AvgIpc) is 2.61. The van der Waals surface area contributed by atoms with Crippen LogP contribution in [-0.4, -0.2) is 32.1 Å². The largest absolute Gasteiger partial charge is 0.465 e. The molecule has 0 bridgehead atoms. The average molecular weight is 350 g/mol. The Kier molecular flexibility index (Phi) is 6.27. The third-order valence-corrected chi connectivity index (χ3v) is 3.14. The predicted molar refractivity (Wildman–Crippen MR) is 88.0 cm³/mol. The van der Waals surface area contributed by atoms with E-state index in [2.05, 4.69) is 20.1 Å². The summed E-state index contributed by atoms with van der Waals surface area (Å²) in [6.45, 7) is -3.00. The highest BCUT2D eigenvalue weighted by molar-refractivity contribution is 5.98. The van der Waals surface area contributed by atoms with E-state index in [9.17, 15) is 18.4 Å². The summed E-state index contributed by atoms with van der Waals surface area (Å²) < 4.78 is 33.0. The number of nitrogens with one attached hydrogen (secondary N) is 2. The molecule has 0 aliphatic carbocycles. The van der Waals surface area contributed by atoms with E-state index in [-0.39, 0.29) is 18.2 Å². The van der Waals surface area contributed by atoms with Crippen LogP contribution in [0.5, 0.6) is 5.75 Å². The predicted octanol–water partition coefficient (Wildman–Crippen LogP) is 3.13. The zero-order chi connectivity index (χ0) is 18.2. The Balaban J connectivity index is 1.92. The molecule has 0 heterocycles. The maximum Gasteiger partial charge on any atom is 0.387 e. The van der Waals surface area contributed by atoms with Gasteiger partial charge in [-0.2, -0.15) is 8.78 Å². The van der Waals surface area contributed by atoms with Crippen LogP contribution < -0.4 is 15.4 Å². The lowest BCUT2D eigenvalue weighted by molar-refractivity contribution is -0.114. The number of anilines is 2. The van der Waals surface area contributed by atoms with E-state index >= 15 is 0 Å². The normalized spacial score (nSPS) is 10.2. The van der Waals surface area contributed by atoms with Crippen LogP contribution in [0.1, 0.15) is 10.4 Å². The van der Waals surface area contributed by atoms with Crippen LogP contribution in [0.25, 0.3) is 0 Å². The summed E-state index contributed by atoms with van der Waals surface area (Å²) >= 11 is 0. The highest BCUT2D eigenvalue weighted by atomic mass is 19.3. The van der Waals surface area contributed by atoms with Gasteiger partial charge < -0.3 is 20.1 Å². The Bertz CT molecular complexity index is 736. The van der Waals surface area contributed by atoms with Gasteiger partial charge in [0.05, 0.1) is 19.2 Å². The molecule has 0 aliphatic heterocycles. The van der Waals surface area contributed by atoms with Crippen molar-refractivity contribution in [3.8, 4) is 5.75 Å². The molecule has 0 radical (unpaired) electrons. The van der Waals surface area contributed by atoms with Gasteiger partial charge in [-0.1, -0.05) is 12.1 Å². The molecule has 6 nitrogen and oxygen atoms in total. The second kappa shape index (κ2) is 8.62. The Morgan fingerprint density at radius 1 is 1.08 bits per heavy atom. The SMILES string of the molecule is COC(=O)c1ccccc1NCC(=O)Nc1ccc(OC(F)F)cc1. The molecule has 2 aromatic carbocycles. The second-order valence-corrected chi connectivity index (χ2v) is 4.84. The molecule has 0 unspecified atom stereocenters. The number of halogens is 2. The lowest BCUT2D eigenvalue weighted by Gasteiger charge is -2.11. The topological polar surface area (TPSA) is 76.7 Å². The van der Waals surface area contributed by atoms with E-state index in [1.54, 1.807) is 24.3 Å². The number of carbonyl (C=O) groups is 2. The number of carbonyl (C=O) groups excluding carboxylic acids is 2. The zero-order valence-electron chi connectivity index (χ0n) is 13.3. The highest BCUT2D eigenvalue weighted by Crippen LogP contribution is 2.18. The van der Waals surface area contributed by atoms with Crippen molar-refractivity contribution < 1.29 is 27.8 Å². The molecule has 2 N–H and O–H groups in total. The molecule has 8 heteroatoms. The standard InChI is InChI=1S/C17H16F2N2O4/c1-24-16(23)13-4-2-3-5-14(13)20-10-15(22)21-11-6-8-12(9-7-11)25-17(18)19/h2-9,17,20H,10H2,1H3,(H,21,22). The molecule has 1 amide bonds. The van der Waals surface area contributed by atoms with Gasteiger partial charge in [0.15, 0.2) is 0 Å². The number of para-hydroxylation sites is 1. The van der Waals surface area contributed by atoms with Crippen molar-refractivity contribution in [1.82, 2.24) is 0 Å². The molecule has 0 aromatic heterocycles. The van der Waals surface area contributed by atoms with Gasteiger partial charge >= 0.3 is 12.6 Å². The number of hydrogen-bond acceptors (Lipinski definition) is 5. The fourth-order valence-corrected chi connectivity index (χ4v) is 2.03. The summed E-state index contributed by atoms with van der Waals surface area (Å²) in [6, 6.07) is 12.2. The highest BCUT2D eigenvalue weighted by Gasteiger charge is 2.12. The van der Waals surface area contributed by atoms with Crippen molar-refractivity contribution >= 4 is 23.3 Å². The van der Waals surface area contributed by atoms with Crippen molar-refractivity contribution in [2.45, 2.75) is 6.61 Å². The fraction of sp³-hybridized carbons (Fsp3) is 0.176. The smallest absolute Gasteiger partial charge is 0.387 e. The van der Waals surface area contributed by atoms with Gasteiger partial charge in [-0.15, -0.1) is 0 Å². The Morgan fingerprint density at radius 3 is 2.40 bits per heavy atom. The molecule has 132 valence electrons. The number of benzene rings is 2. The van der Waals surface area contributed by atoms with Crippen LogP contribution in [0.3, 0.4) is 0 Å². The van der Waals surface area contributed by atoms with Crippen LogP contribution in [0.15, 0.2) is 48.5 Å². The minimum absolute atomic E-state index is 0.00173. The van der Waals surface area contributed by atoms with Gasteiger partial charge in [0, 0.05) is 11.4 Å². The molecular formula is C17H16F2N2O4. The molecule has 0 atom stereocenters. The van der Waals surface area contributed by atoms with Gasteiger partial charge in [0.25, 0.3) is 0 Å². The first kappa shape index (κ1) is 18.2. The minimum atomic E-state index is -2.90. The Labute approximate surface area is 142 Å². The maximum atomic E-state index is 12.1. The van der Waals surface area contributed by atoms with Crippen molar-refractivity contribution in [2.75, 3.05) is 24.3 Å². The monoisotopic (exact) mass is 350 g/mol. The van der Waals surface area contributed by atoms with E-state index in [0.717, 1.165) is 0 Å². The van der Waals surface area contributed by atoms with Gasteiger partial charge in [-0.25, -0.2) is 4.79 Å². The third-order valence-electron chi connectivity index (χ3n) is 3.14. The molecular weight excluding hydrogens is 334 g/mol. The second-order valence-electron chi connectivity index (χ2n) is 4.84. The molecule has 0 spiro atoms. The number of rotatable bonds is 7. The number of hydrogen-bond donors (Lipinski definition) is 2. The van der Waals surface area contributed by atoms with Crippen LogP contribution in [0, 0.1) is 0 Å². The third kappa shape index (κ3) is 5.45. The van der Waals surface area contributed by atoms with Gasteiger partial charge in [0.1, 0.15) is 5.75 Å². The lowest BCUT2D eigenvalue weighted by atomic mass is 10.2. The van der Waals surface area contributed by atoms with E-state index < -0.39 is 12.6 Å². The van der Waals surface area contributed by atoms with Gasteiger partial charge in [-0.3, -0.25) is 4.79 Å². The van der Waals surface area contributed by atoms with Crippen molar-refractivity contribution in [3.05, 3.63) is 54.1 Å². The quantitative estimate of drug-likeness (QED) is 0.751. The summed E-state index contributed by atoms with van der Waals surface area (Å²) in [4.78, 5) is 23.6. The van der Waals surface area contributed by atoms with Gasteiger partial charge in [0.2, 0.25) is 5.91 Å². The Morgan fingerprint density at radius 2 is 1.76 bits per heavy atom.